The van der Waals surface area contributed by atoms with Crippen LogP contribution in [0.1, 0.15) is 12.1 Å². The van der Waals surface area contributed by atoms with Gasteiger partial charge < -0.3 is 15.0 Å². The number of para-hydroxylation sites is 2. The smallest absolute Gasteiger partial charge is 0.249 e. The van der Waals surface area contributed by atoms with Gasteiger partial charge in [-0.25, -0.2) is 9.97 Å². The van der Waals surface area contributed by atoms with Gasteiger partial charge in [0.25, 0.3) is 0 Å². The van der Waals surface area contributed by atoms with Crippen LogP contribution in [0, 0.1) is 11.3 Å². The highest BCUT2D eigenvalue weighted by molar-refractivity contribution is 6.01. The molecule has 1 aliphatic rings. The Hall–Kier alpha value is -3.14. The number of nitrogens with zero attached hydrogens (tertiary/aromatic N) is 4. The maximum absolute atomic E-state index is 12.6. The number of anilines is 2. The molecule has 1 aliphatic heterocycles. The summed E-state index contributed by atoms with van der Waals surface area (Å²) in [5, 5.41) is 11.8. The molecule has 0 aliphatic carbocycles. The Bertz CT molecular complexity index is 754. The first-order valence-electron chi connectivity index (χ1n) is 7.16. The third-order valence-corrected chi connectivity index (χ3v) is 3.67. The lowest BCUT2D eigenvalue weighted by Crippen LogP contribution is -2.33. The lowest BCUT2D eigenvalue weighted by atomic mass is 10.2. The number of nitriles is 1. The van der Waals surface area contributed by atoms with E-state index in [1.54, 1.807) is 12.0 Å². The fourth-order valence-electron chi connectivity index (χ4n) is 2.54. The number of ether oxygens (including phenoxy) is 1. The topological polar surface area (TPSA) is 91.1 Å². The van der Waals surface area contributed by atoms with Gasteiger partial charge in [0.2, 0.25) is 5.91 Å². The van der Waals surface area contributed by atoms with Gasteiger partial charge in [-0.05, 0) is 18.6 Å². The standard InChI is InChI=1S/C16H15N5O2/c1-23-14-5-3-2-4-13(14)21-7-6-12(16(21)22)20-15-10-18-11(8-17)9-19-15/h2-5,9-10,12H,6-7H2,1H3,(H,19,20). The van der Waals surface area contributed by atoms with Gasteiger partial charge in [0.1, 0.15) is 23.7 Å². The van der Waals surface area contributed by atoms with Gasteiger partial charge in [-0.15, -0.1) is 0 Å². The van der Waals surface area contributed by atoms with Crippen LogP contribution in [0.25, 0.3) is 0 Å². The first kappa shape index (κ1) is 14.8. The van der Waals surface area contributed by atoms with Gasteiger partial charge >= 0.3 is 0 Å². The number of amides is 1. The van der Waals surface area contributed by atoms with E-state index in [4.69, 9.17) is 10.00 Å². The maximum Gasteiger partial charge on any atom is 0.249 e. The van der Waals surface area contributed by atoms with Crippen molar-refractivity contribution in [1.29, 1.82) is 5.26 Å². The Labute approximate surface area is 133 Å². The molecule has 2 heterocycles. The molecule has 0 saturated carbocycles. The molecule has 1 atom stereocenters. The second-order valence-corrected chi connectivity index (χ2v) is 5.05. The van der Waals surface area contributed by atoms with Crippen LogP contribution < -0.4 is 15.0 Å². The van der Waals surface area contributed by atoms with Gasteiger partial charge in [0, 0.05) is 6.54 Å². The summed E-state index contributed by atoms with van der Waals surface area (Å²) in [6, 6.07) is 8.96. The summed E-state index contributed by atoms with van der Waals surface area (Å²) in [5.74, 6) is 1.10. The number of aromatic nitrogens is 2. The third-order valence-electron chi connectivity index (χ3n) is 3.67. The highest BCUT2D eigenvalue weighted by Crippen LogP contribution is 2.31. The fraction of sp³-hybridized carbons (Fsp3) is 0.250. The first-order valence-corrected chi connectivity index (χ1v) is 7.16. The monoisotopic (exact) mass is 309 g/mol. The van der Waals surface area contributed by atoms with Gasteiger partial charge in [-0.1, -0.05) is 12.1 Å². The van der Waals surface area contributed by atoms with Crippen molar-refractivity contribution >= 4 is 17.4 Å². The van der Waals surface area contributed by atoms with E-state index in [1.165, 1.54) is 12.4 Å². The van der Waals surface area contributed by atoms with E-state index in [9.17, 15) is 4.79 Å². The van der Waals surface area contributed by atoms with Crippen LogP contribution in [0.5, 0.6) is 5.75 Å². The molecule has 1 saturated heterocycles. The van der Waals surface area contributed by atoms with Crippen LogP contribution in [-0.2, 0) is 4.79 Å². The van der Waals surface area contributed by atoms with Crippen LogP contribution in [0.2, 0.25) is 0 Å². The Morgan fingerprint density at radius 3 is 2.87 bits per heavy atom. The van der Waals surface area contributed by atoms with Crippen molar-refractivity contribution < 1.29 is 9.53 Å². The number of nitrogens with one attached hydrogen (secondary N) is 1. The number of methoxy groups -OCH3 is 1. The normalized spacial score (nSPS) is 17.0. The quantitative estimate of drug-likeness (QED) is 0.922. The fourth-order valence-corrected chi connectivity index (χ4v) is 2.54. The van der Waals surface area contributed by atoms with Crippen LogP contribution in [-0.4, -0.2) is 35.6 Å². The first-order chi connectivity index (χ1) is 11.2. The van der Waals surface area contributed by atoms with Crippen LogP contribution in [0.3, 0.4) is 0 Å². The van der Waals surface area contributed by atoms with E-state index < -0.39 is 0 Å². The summed E-state index contributed by atoms with van der Waals surface area (Å²) in [6.07, 6.45) is 3.48. The highest BCUT2D eigenvalue weighted by atomic mass is 16.5. The van der Waals surface area contributed by atoms with Crippen molar-refractivity contribution in [3.63, 3.8) is 0 Å². The van der Waals surface area contributed by atoms with Crippen molar-refractivity contribution in [3.8, 4) is 11.8 Å². The van der Waals surface area contributed by atoms with Crippen molar-refractivity contribution in [3.05, 3.63) is 42.4 Å². The Morgan fingerprint density at radius 2 is 2.17 bits per heavy atom. The van der Waals surface area contributed by atoms with Gasteiger partial charge in [0.15, 0.2) is 5.69 Å². The van der Waals surface area contributed by atoms with E-state index in [2.05, 4.69) is 15.3 Å². The molecule has 0 radical (unpaired) electrons. The molecule has 2 aromatic rings. The van der Waals surface area contributed by atoms with E-state index in [-0.39, 0.29) is 17.6 Å². The largest absolute Gasteiger partial charge is 0.495 e. The predicted octanol–water partition coefficient (Wildman–Crippen LogP) is 1.57. The second-order valence-electron chi connectivity index (χ2n) is 5.05. The van der Waals surface area contributed by atoms with Crippen molar-refractivity contribution in [2.75, 3.05) is 23.9 Å². The summed E-state index contributed by atoms with van der Waals surface area (Å²) in [5.41, 5.74) is 0.999. The molecule has 1 aromatic heterocycles. The molecule has 7 heteroatoms. The van der Waals surface area contributed by atoms with Crippen LogP contribution in [0.4, 0.5) is 11.5 Å². The number of carbonyl (C=O) groups excluding carboxylic acids is 1. The summed E-state index contributed by atoms with van der Waals surface area (Å²) >= 11 is 0. The minimum absolute atomic E-state index is 0.0411. The number of carbonyl (C=O) groups is 1. The maximum atomic E-state index is 12.6. The molecule has 0 spiro atoms. The highest BCUT2D eigenvalue weighted by Gasteiger charge is 2.34. The van der Waals surface area contributed by atoms with Crippen LogP contribution >= 0.6 is 0 Å². The van der Waals surface area contributed by atoms with Crippen molar-refractivity contribution in [2.24, 2.45) is 0 Å². The summed E-state index contributed by atoms with van der Waals surface area (Å²) < 4.78 is 5.32. The van der Waals surface area contributed by atoms with E-state index in [0.717, 1.165) is 5.69 Å². The summed E-state index contributed by atoms with van der Waals surface area (Å²) in [7, 11) is 1.58. The SMILES string of the molecule is COc1ccccc1N1CCC(Nc2cnc(C#N)cn2)C1=O. The van der Waals surface area contributed by atoms with Gasteiger partial charge in [0.05, 0.1) is 25.2 Å². The predicted molar refractivity (Wildman–Crippen MR) is 84.1 cm³/mol. The Balaban J connectivity index is 1.75. The average Bonchev–Trinajstić information content (AvgIpc) is 2.96. The molecule has 1 amide bonds. The third kappa shape index (κ3) is 2.92. The molecule has 23 heavy (non-hydrogen) atoms. The number of hydrogen-bond acceptors (Lipinski definition) is 6. The molecule has 1 fully saturated rings. The molecular formula is C16H15N5O2. The minimum Gasteiger partial charge on any atom is -0.495 e. The number of rotatable bonds is 4. The lowest BCUT2D eigenvalue weighted by molar-refractivity contribution is -0.117. The Morgan fingerprint density at radius 1 is 1.35 bits per heavy atom. The molecule has 7 nitrogen and oxygen atoms in total. The number of hydrogen-bond donors (Lipinski definition) is 1. The Kier molecular flexibility index (Phi) is 4.06. The zero-order valence-electron chi connectivity index (χ0n) is 12.6. The van der Waals surface area contributed by atoms with Gasteiger partial charge in [-0.3, -0.25) is 4.79 Å². The molecule has 3 rings (SSSR count). The molecule has 1 N–H and O–H groups in total. The van der Waals surface area contributed by atoms with E-state index in [1.807, 2.05) is 30.3 Å². The zero-order chi connectivity index (χ0) is 16.2. The van der Waals surface area contributed by atoms with Gasteiger partial charge in [-0.2, -0.15) is 5.26 Å². The van der Waals surface area contributed by atoms with Crippen molar-refractivity contribution in [1.82, 2.24) is 9.97 Å². The molecule has 1 unspecified atom stereocenters. The summed E-state index contributed by atoms with van der Waals surface area (Å²) in [6.45, 7) is 0.598. The second kappa shape index (κ2) is 6.32. The zero-order valence-corrected chi connectivity index (χ0v) is 12.6. The van der Waals surface area contributed by atoms with Crippen LogP contribution in [0.15, 0.2) is 36.7 Å². The molecule has 0 bridgehead atoms. The van der Waals surface area contributed by atoms with Crippen molar-refractivity contribution in [2.45, 2.75) is 12.5 Å². The summed E-state index contributed by atoms with van der Waals surface area (Å²) in [4.78, 5) is 22.3. The lowest BCUT2D eigenvalue weighted by Gasteiger charge is -2.19. The molecule has 116 valence electrons. The van der Waals surface area contributed by atoms with E-state index in [0.29, 0.717) is 24.5 Å². The number of benzene rings is 1. The van der Waals surface area contributed by atoms with E-state index >= 15 is 0 Å². The molecular weight excluding hydrogens is 294 g/mol. The molecule has 1 aromatic carbocycles. The minimum atomic E-state index is -0.373. The average molecular weight is 309 g/mol.